The Kier molecular flexibility index (Phi) is 4.42. The smallest absolute Gasteiger partial charge is 0.252 e. The van der Waals surface area contributed by atoms with Crippen LogP contribution in [-0.4, -0.2) is 30.0 Å². The minimum atomic E-state index is -0.0205. The number of anilines is 1. The first kappa shape index (κ1) is 14.4. The van der Waals surface area contributed by atoms with Crippen LogP contribution in [0.3, 0.4) is 0 Å². The molecule has 2 unspecified atom stereocenters. The minimum absolute atomic E-state index is 0.0205. The summed E-state index contributed by atoms with van der Waals surface area (Å²) in [5.41, 5.74) is 0.659. The van der Waals surface area contributed by atoms with E-state index in [1.54, 1.807) is 6.20 Å². The number of pyridine rings is 1. The Morgan fingerprint density at radius 3 is 2.95 bits per heavy atom. The van der Waals surface area contributed by atoms with Crippen LogP contribution < -0.4 is 10.2 Å². The number of hydrogen-bond donors (Lipinski definition) is 1. The van der Waals surface area contributed by atoms with Crippen molar-refractivity contribution in [3.63, 3.8) is 0 Å². The van der Waals surface area contributed by atoms with E-state index in [0.29, 0.717) is 11.6 Å². The van der Waals surface area contributed by atoms with Gasteiger partial charge in [-0.15, -0.1) is 0 Å². The van der Waals surface area contributed by atoms with Gasteiger partial charge in [-0.1, -0.05) is 19.8 Å². The Morgan fingerprint density at radius 2 is 2.19 bits per heavy atom. The predicted octanol–water partition coefficient (Wildman–Crippen LogP) is 2.99. The quantitative estimate of drug-likeness (QED) is 0.926. The molecule has 1 saturated carbocycles. The summed E-state index contributed by atoms with van der Waals surface area (Å²) in [6.07, 6.45) is 9.37. The zero-order valence-electron chi connectivity index (χ0n) is 12.8. The lowest BCUT2D eigenvalue weighted by Gasteiger charge is -2.32. The van der Waals surface area contributed by atoms with Gasteiger partial charge in [0, 0.05) is 25.3 Å². The molecule has 0 bridgehead atoms. The Labute approximate surface area is 126 Å². The molecule has 0 aromatic carbocycles. The number of aromatic nitrogens is 1. The molecule has 1 aromatic heterocycles. The van der Waals surface area contributed by atoms with Gasteiger partial charge in [0.15, 0.2) is 0 Å². The molecule has 1 aliphatic carbocycles. The lowest BCUT2D eigenvalue weighted by molar-refractivity contribution is 0.0953. The molecule has 0 spiro atoms. The largest absolute Gasteiger partial charge is 0.353 e. The van der Waals surface area contributed by atoms with E-state index in [0.717, 1.165) is 31.2 Å². The standard InChI is InChI=1S/C17H25N3O/c1-2-10-18-17(21)14-7-8-16(19-12-14)20-11-9-13-5-3-4-6-15(13)20/h7-8,12-13,15H,2-6,9-11H2,1H3,(H,18,21). The molecule has 2 heterocycles. The summed E-state index contributed by atoms with van der Waals surface area (Å²) in [6, 6.07) is 4.59. The van der Waals surface area contributed by atoms with Crippen molar-refractivity contribution in [1.29, 1.82) is 0 Å². The third-order valence-electron chi connectivity index (χ3n) is 4.85. The molecule has 4 nitrogen and oxygen atoms in total. The molecule has 2 aliphatic rings. The fourth-order valence-electron chi connectivity index (χ4n) is 3.72. The van der Waals surface area contributed by atoms with Crippen molar-refractivity contribution in [2.24, 2.45) is 5.92 Å². The maximum absolute atomic E-state index is 11.9. The Hall–Kier alpha value is -1.58. The van der Waals surface area contributed by atoms with Gasteiger partial charge in [0.2, 0.25) is 0 Å². The number of rotatable bonds is 4. The summed E-state index contributed by atoms with van der Waals surface area (Å²) in [4.78, 5) is 18.9. The predicted molar refractivity (Wildman–Crippen MR) is 84.6 cm³/mol. The Morgan fingerprint density at radius 1 is 1.33 bits per heavy atom. The molecule has 21 heavy (non-hydrogen) atoms. The van der Waals surface area contributed by atoms with Gasteiger partial charge in [-0.2, -0.15) is 0 Å². The van der Waals surface area contributed by atoms with Crippen LogP contribution in [-0.2, 0) is 0 Å². The summed E-state index contributed by atoms with van der Waals surface area (Å²) >= 11 is 0. The molecule has 1 saturated heterocycles. The molecule has 0 radical (unpaired) electrons. The second-order valence-corrected chi connectivity index (χ2v) is 6.25. The highest BCUT2D eigenvalue weighted by Crippen LogP contribution is 2.38. The summed E-state index contributed by atoms with van der Waals surface area (Å²) < 4.78 is 0. The van der Waals surface area contributed by atoms with Crippen molar-refractivity contribution in [2.75, 3.05) is 18.0 Å². The van der Waals surface area contributed by atoms with Gasteiger partial charge < -0.3 is 10.2 Å². The fourth-order valence-corrected chi connectivity index (χ4v) is 3.72. The molecule has 114 valence electrons. The van der Waals surface area contributed by atoms with Gasteiger partial charge in [0.1, 0.15) is 5.82 Å². The first-order chi connectivity index (χ1) is 10.3. The molecule has 2 atom stereocenters. The summed E-state index contributed by atoms with van der Waals surface area (Å²) in [6.45, 7) is 3.88. The van der Waals surface area contributed by atoms with E-state index in [1.807, 2.05) is 12.1 Å². The lowest BCUT2D eigenvalue weighted by atomic mass is 9.85. The van der Waals surface area contributed by atoms with Crippen LogP contribution in [0.2, 0.25) is 0 Å². The molecular weight excluding hydrogens is 262 g/mol. The number of carbonyl (C=O) groups excluding carboxylic acids is 1. The van der Waals surface area contributed by atoms with Crippen LogP contribution in [0, 0.1) is 5.92 Å². The highest BCUT2D eigenvalue weighted by molar-refractivity contribution is 5.94. The van der Waals surface area contributed by atoms with Crippen molar-refractivity contribution >= 4 is 11.7 Å². The van der Waals surface area contributed by atoms with E-state index in [9.17, 15) is 4.79 Å². The molecule has 3 rings (SSSR count). The van der Waals surface area contributed by atoms with Crippen LogP contribution in [0.15, 0.2) is 18.3 Å². The van der Waals surface area contributed by atoms with Crippen LogP contribution in [0.25, 0.3) is 0 Å². The van der Waals surface area contributed by atoms with Crippen LogP contribution in [0.5, 0.6) is 0 Å². The van der Waals surface area contributed by atoms with E-state index >= 15 is 0 Å². The van der Waals surface area contributed by atoms with E-state index in [-0.39, 0.29) is 5.91 Å². The second-order valence-electron chi connectivity index (χ2n) is 6.25. The third kappa shape index (κ3) is 3.04. The molecule has 4 heteroatoms. The maximum atomic E-state index is 11.9. The molecular formula is C17H25N3O. The normalized spacial score (nSPS) is 24.7. The zero-order chi connectivity index (χ0) is 14.7. The molecule has 1 amide bonds. The monoisotopic (exact) mass is 287 g/mol. The molecule has 1 aromatic rings. The van der Waals surface area contributed by atoms with Gasteiger partial charge in [-0.3, -0.25) is 4.79 Å². The summed E-state index contributed by atoms with van der Waals surface area (Å²) in [5, 5.41) is 2.89. The average Bonchev–Trinajstić information content (AvgIpc) is 2.97. The Bertz CT molecular complexity index is 485. The second kappa shape index (κ2) is 6.46. The number of hydrogen-bond acceptors (Lipinski definition) is 3. The van der Waals surface area contributed by atoms with E-state index < -0.39 is 0 Å². The highest BCUT2D eigenvalue weighted by Gasteiger charge is 2.36. The molecule has 2 fully saturated rings. The number of nitrogens with one attached hydrogen (secondary N) is 1. The van der Waals surface area contributed by atoms with Gasteiger partial charge >= 0.3 is 0 Å². The average molecular weight is 287 g/mol. The van der Waals surface area contributed by atoms with Gasteiger partial charge in [0.05, 0.1) is 5.56 Å². The fraction of sp³-hybridized carbons (Fsp3) is 0.647. The topological polar surface area (TPSA) is 45.2 Å². The van der Waals surface area contributed by atoms with Crippen molar-refractivity contribution in [2.45, 2.75) is 51.5 Å². The van der Waals surface area contributed by atoms with Crippen molar-refractivity contribution in [1.82, 2.24) is 10.3 Å². The maximum Gasteiger partial charge on any atom is 0.252 e. The van der Waals surface area contributed by atoms with Crippen molar-refractivity contribution < 1.29 is 4.79 Å². The SMILES string of the molecule is CCCNC(=O)c1ccc(N2CCC3CCCCC32)nc1. The van der Waals surface area contributed by atoms with Gasteiger partial charge in [-0.25, -0.2) is 4.98 Å². The molecule has 1 N–H and O–H groups in total. The first-order valence-electron chi connectivity index (χ1n) is 8.30. The van der Waals surface area contributed by atoms with Gasteiger partial charge in [-0.05, 0) is 43.7 Å². The zero-order valence-corrected chi connectivity index (χ0v) is 12.8. The number of carbonyl (C=O) groups is 1. The highest BCUT2D eigenvalue weighted by atomic mass is 16.1. The van der Waals surface area contributed by atoms with E-state index in [2.05, 4.69) is 22.1 Å². The van der Waals surface area contributed by atoms with E-state index in [1.165, 1.54) is 32.1 Å². The van der Waals surface area contributed by atoms with Crippen LogP contribution in [0.1, 0.15) is 55.8 Å². The third-order valence-corrected chi connectivity index (χ3v) is 4.85. The Balaban J connectivity index is 1.68. The summed E-state index contributed by atoms with van der Waals surface area (Å²) in [7, 11) is 0. The van der Waals surface area contributed by atoms with Crippen molar-refractivity contribution in [3.05, 3.63) is 23.9 Å². The van der Waals surface area contributed by atoms with Crippen molar-refractivity contribution in [3.8, 4) is 0 Å². The number of fused-ring (bicyclic) bond motifs is 1. The van der Waals surface area contributed by atoms with Crippen LogP contribution in [0.4, 0.5) is 5.82 Å². The van der Waals surface area contributed by atoms with Crippen LogP contribution >= 0.6 is 0 Å². The van der Waals surface area contributed by atoms with E-state index in [4.69, 9.17) is 0 Å². The number of nitrogens with zero attached hydrogens (tertiary/aromatic N) is 2. The molecule has 1 aliphatic heterocycles. The first-order valence-corrected chi connectivity index (χ1v) is 8.30. The minimum Gasteiger partial charge on any atom is -0.353 e. The number of amides is 1. The summed E-state index contributed by atoms with van der Waals surface area (Å²) in [5.74, 6) is 1.87. The lowest BCUT2D eigenvalue weighted by Crippen LogP contribution is -2.35. The van der Waals surface area contributed by atoms with Gasteiger partial charge in [0.25, 0.3) is 5.91 Å².